The van der Waals surface area contributed by atoms with Gasteiger partial charge in [-0.15, -0.1) is 0 Å². The summed E-state index contributed by atoms with van der Waals surface area (Å²) in [6, 6.07) is 5.86. The van der Waals surface area contributed by atoms with Gasteiger partial charge in [0.05, 0.1) is 5.92 Å². The van der Waals surface area contributed by atoms with Crippen molar-refractivity contribution in [3.63, 3.8) is 0 Å². The minimum Gasteiger partial charge on any atom is -0.481 e. The fourth-order valence-electron chi connectivity index (χ4n) is 2.20. The van der Waals surface area contributed by atoms with Crippen molar-refractivity contribution in [1.29, 1.82) is 0 Å². The van der Waals surface area contributed by atoms with Crippen molar-refractivity contribution in [2.45, 2.75) is 39.7 Å². The van der Waals surface area contributed by atoms with Gasteiger partial charge in [0.15, 0.2) is 0 Å². The highest BCUT2D eigenvalue weighted by Crippen LogP contribution is 2.29. The largest absolute Gasteiger partial charge is 0.481 e. The van der Waals surface area contributed by atoms with Gasteiger partial charge in [-0.1, -0.05) is 13.0 Å². The monoisotopic (exact) mass is 275 g/mol. The zero-order chi connectivity index (χ0) is 14.9. The van der Waals surface area contributed by atoms with Gasteiger partial charge in [0.2, 0.25) is 0 Å². The zero-order valence-corrected chi connectivity index (χ0v) is 12.2. The Hall–Kier alpha value is -1.84. The number of amides is 1. The Balaban J connectivity index is 2.18. The number of nitrogens with zero attached hydrogens (tertiary/aromatic N) is 1. The number of carboxylic acid groups (broad SMARTS) is 1. The lowest BCUT2D eigenvalue weighted by atomic mass is 10.0. The zero-order valence-electron chi connectivity index (χ0n) is 12.2. The maximum atomic E-state index is 12.6. The molecule has 1 amide bonds. The van der Waals surface area contributed by atoms with Crippen molar-refractivity contribution in [1.82, 2.24) is 4.90 Å². The Morgan fingerprint density at radius 3 is 2.45 bits per heavy atom. The third-order valence-corrected chi connectivity index (χ3v) is 3.89. The van der Waals surface area contributed by atoms with E-state index in [9.17, 15) is 9.59 Å². The maximum absolute atomic E-state index is 12.6. The predicted molar refractivity (Wildman–Crippen MR) is 76.8 cm³/mol. The molecule has 4 nitrogen and oxygen atoms in total. The summed E-state index contributed by atoms with van der Waals surface area (Å²) < 4.78 is 0. The lowest BCUT2D eigenvalue weighted by Gasteiger charge is -2.24. The second-order valence-electron chi connectivity index (χ2n) is 5.73. The molecule has 1 aromatic carbocycles. The van der Waals surface area contributed by atoms with Gasteiger partial charge in [-0.2, -0.15) is 0 Å². The van der Waals surface area contributed by atoms with Gasteiger partial charge < -0.3 is 10.0 Å². The summed E-state index contributed by atoms with van der Waals surface area (Å²) in [4.78, 5) is 25.3. The molecule has 0 unspecified atom stereocenters. The number of aryl methyl sites for hydroxylation is 2. The molecule has 1 fully saturated rings. The molecular formula is C16H21NO3. The van der Waals surface area contributed by atoms with Crippen LogP contribution in [0.25, 0.3) is 0 Å². The van der Waals surface area contributed by atoms with Crippen LogP contribution in [-0.2, 0) is 4.79 Å². The third kappa shape index (κ3) is 3.18. The molecule has 0 aromatic heterocycles. The highest BCUT2D eigenvalue weighted by molar-refractivity contribution is 5.95. The Labute approximate surface area is 119 Å². The van der Waals surface area contributed by atoms with Gasteiger partial charge in [0, 0.05) is 18.2 Å². The van der Waals surface area contributed by atoms with E-state index in [1.54, 1.807) is 11.8 Å². The Morgan fingerprint density at radius 1 is 1.30 bits per heavy atom. The Kier molecular flexibility index (Phi) is 4.12. The van der Waals surface area contributed by atoms with Gasteiger partial charge in [-0.3, -0.25) is 9.59 Å². The lowest BCUT2D eigenvalue weighted by Crippen LogP contribution is -2.38. The summed E-state index contributed by atoms with van der Waals surface area (Å²) in [5.74, 6) is -1.45. The second kappa shape index (κ2) is 5.65. The Bertz CT molecular complexity index is 535. The van der Waals surface area contributed by atoms with Gasteiger partial charge in [0.25, 0.3) is 5.91 Å². The number of carboxylic acids is 1. The molecule has 1 saturated carbocycles. The summed E-state index contributed by atoms with van der Waals surface area (Å²) >= 11 is 0. The van der Waals surface area contributed by atoms with Crippen LogP contribution >= 0.6 is 0 Å². The quantitative estimate of drug-likeness (QED) is 0.898. The molecule has 0 heterocycles. The van der Waals surface area contributed by atoms with Crippen LogP contribution in [0.2, 0.25) is 0 Å². The van der Waals surface area contributed by atoms with E-state index in [2.05, 4.69) is 0 Å². The molecule has 0 spiro atoms. The summed E-state index contributed by atoms with van der Waals surface area (Å²) in [6.45, 7) is 5.92. The summed E-state index contributed by atoms with van der Waals surface area (Å²) in [5.41, 5.74) is 2.88. The van der Waals surface area contributed by atoms with Crippen molar-refractivity contribution in [2.75, 3.05) is 6.54 Å². The number of rotatable bonds is 5. The summed E-state index contributed by atoms with van der Waals surface area (Å²) in [7, 11) is 0. The summed E-state index contributed by atoms with van der Waals surface area (Å²) in [6.07, 6.45) is 1.95. The predicted octanol–water partition coefficient (Wildman–Crippen LogP) is 2.63. The molecule has 108 valence electrons. The first-order valence-corrected chi connectivity index (χ1v) is 7.01. The molecule has 1 aromatic rings. The molecule has 1 aliphatic rings. The molecule has 20 heavy (non-hydrogen) atoms. The van der Waals surface area contributed by atoms with Crippen LogP contribution in [-0.4, -0.2) is 34.5 Å². The molecule has 0 bridgehead atoms. The average Bonchev–Trinajstić information content (AvgIpc) is 3.22. The fraction of sp³-hybridized carbons (Fsp3) is 0.500. The van der Waals surface area contributed by atoms with E-state index in [0.717, 1.165) is 24.0 Å². The first-order chi connectivity index (χ1) is 9.40. The lowest BCUT2D eigenvalue weighted by molar-refractivity contribution is -0.141. The smallest absolute Gasteiger partial charge is 0.308 e. The minimum absolute atomic E-state index is 0.0521. The highest BCUT2D eigenvalue weighted by Gasteiger charge is 2.34. The molecule has 0 radical (unpaired) electrons. The number of hydrogen-bond acceptors (Lipinski definition) is 2. The van der Waals surface area contributed by atoms with Gasteiger partial charge >= 0.3 is 5.97 Å². The molecule has 1 aliphatic carbocycles. The fourth-order valence-corrected chi connectivity index (χ4v) is 2.20. The van der Waals surface area contributed by atoms with Crippen molar-refractivity contribution in [3.05, 3.63) is 34.9 Å². The maximum Gasteiger partial charge on any atom is 0.308 e. The van der Waals surface area contributed by atoms with Gasteiger partial charge in [-0.05, 0) is 49.9 Å². The van der Waals surface area contributed by atoms with Crippen molar-refractivity contribution >= 4 is 11.9 Å². The van der Waals surface area contributed by atoms with E-state index in [0.29, 0.717) is 5.56 Å². The SMILES string of the molecule is Cc1ccc(C(=O)N(C[C@@H](C)C(=O)O)C2CC2)cc1C. The number of aliphatic carboxylic acids is 1. The number of hydrogen-bond donors (Lipinski definition) is 1. The van der Waals surface area contributed by atoms with Crippen LogP contribution < -0.4 is 0 Å². The van der Waals surface area contributed by atoms with Crippen molar-refractivity contribution in [2.24, 2.45) is 5.92 Å². The van der Waals surface area contributed by atoms with Gasteiger partial charge in [0.1, 0.15) is 0 Å². The van der Waals surface area contributed by atoms with E-state index < -0.39 is 11.9 Å². The molecule has 2 rings (SSSR count). The standard InChI is InChI=1S/C16H21NO3/c1-10-4-5-13(8-11(10)2)15(18)17(14-6-7-14)9-12(3)16(19)20/h4-5,8,12,14H,6-7,9H2,1-3H3,(H,19,20)/t12-/m1/s1. The number of carbonyl (C=O) groups is 2. The van der Waals surface area contributed by atoms with Crippen LogP contribution in [0.5, 0.6) is 0 Å². The van der Waals surface area contributed by atoms with E-state index in [-0.39, 0.29) is 18.5 Å². The highest BCUT2D eigenvalue weighted by atomic mass is 16.4. The molecule has 1 N–H and O–H groups in total. The van der Waals surface area contributed by atoms with E-state index >= 15 is 0 Å². The average molecular weight is 275 g/mol. The minimum atomic E-state index is -0.858. The normalized spacial score (nSPS) is 15.8. The number of carbonyl (C=O) groups excluding carboxylic acids is 1. The van der Waals surface area contributed by atoms with Crippen LogP contribution in [0.3, 0.4) is 0 Å². The summed E-state index contributed by atoms with van der Waals surface area (Å²) in [5, 5.41) is 9.03. The van der Waals surface area contributed by atoms with E-state index in [1.807, 2.05) is 32.0 Å². The topological polar surface area (TPSA) is 57.6 Å². The van der Waals surface area contributed by atoms with Crippen LogP contribution in [0.1, 0.15) is 41.3 Å². The van der Waals surface area contributed by atoms with E-state index in [4.69, 9.17) is 5.11 Å². The number of benzene rings is 1. The molecule has 4 heteroatoms. The van der Waals surface area contributed by atoms with Crippen molar-refractivity contribution < 1.29 is 14.7 Å². The molecule has 1 atom stereocenters. The van der Waals surface area contributed by atoms with Crippen LogP contribution in [0.15, 0.2) is 18.2 Å². The molecule has 0 aliphatic heterocycles. The van der Waals surface area contributed by atoms with Crippen molar-refractivity contribution in [3.8, 4) is 0 Å². The first kappa shape index (κ1) is 14.6. The molecule has 0 saturated heterocycles. The van der Waals surface area contributed by atoms with Crippen LogP contribution in [0, 0.1) is 19.8 Å². The van der Waals surface area contributed by atoms with Gasteiger partial charge in [-0.25, -0.2) is 0 Å². The second-order valence-corrected chi connectivity index (χ2v) is 5.73. The third-order valence-electron chi connectivity index (χ3n) is 3.89. The first-order valence-electron chi connectivity index (χ1n) is 7.01. The molecular weight excluding hydrogens is 254 g/mol. The van der Waals surface area contributed by atoms with Crippen LogP contribution in [0.4, 0.5) is 0 Å². The Morgan fingerprint density at radius 2 is 1.95 bits per heavy atom. The van der Waals surface area contributed by atoms with E-state index in [1.165, 1.54) is 0 Å².